The Balaban J connectivity index is 2.31. The number of rotatable bonds is 5. The number of hydrogen-bond acceptors (Lipinski definition) is 2. The van der Waals surface area contributed by atoms with Crippen LogP contribution in [0.15, 0.2) is 46.9 Å². The Morgan fingerprint density at radius 3 is 2.65 bits per heavy atom. The highest BCUT2D eigenvalue weighted by Crippen LogP contribution is 2.33. The molecule has 0 fully saturated rings. The lowest BCUT2D eigenvalue weighted by Crippen LogP contribution is -2.19. The minimum atomic E-state index is 0.135. The maximum Gasteiger partial charge on any atom is 0.122 e. The standard InChI is InChI=1S/C16H17BrClNO/c1-19-14(12-7-5-8-13(17)16(12)18)10-11-6-3-4-9-15(11)20-2/h3-9,14,19H,10H2,1-2H3. The Kier molecular flexibility index (Phi) is 5.46. The van der Waals surface area contributed by atoms with Gasteiger partial charge in [0.05, 0.1) is 12.1 Å². The van der Waals surface area contributed by atoms with Crippen LogP contribution in [0.1, 0.15) is 17.2 Å². The van der Waals surface area contributed by atoms with Crippen molar-refractivity contribution in [3.05, 3.63) is 63.1 Å². The van der Waals surface area contributed by atoms with Crippen molar-refractivity contribution in [3.63, 3.8) is 0 Å². The molecule has 0 amide bonds. The molecule has 106 valence electrons. The van der Waals surface area contributed by atoms with Gasteiger partial charge in [0, 0.05) is 10.5 Å². The van der Waals surface area contributed by atoms with Crippen LogP contribution >= 0.6 is 27.5 Å². The first-order chi connectivity index (χ1) is 9.67. The second kappa shape index (κ2) is 7.11. The van der Waals surface area contributed by atoms with Crippen LogP contribution in [0.3, 0.4) is 0 Å². The molecule has 2 nitrogen and oxygen atoms in total. The number of nitrogens with one attached hydrogen (secondary N) is 1. The average molecular weight is 355 g/mol. The van der Waals surface area contributed by atoms with Crippen molar-refractivity contribution < 1.29 is 4.74 Å². The molecular weight excluding hydrogens is 338 g/mol. The second-order valence-electron chi connectivity index (χ2n) is 4.50. The summed E-state index contributed by atoms with van der Waals surface area (Å²) in [5.41, 5.74) is 2.24. The number of hydrogen-bond donors (Lipinski definition) is 1. The molecule has 0 aliphatic carbocycles. The van der Waals surface area contributed by atoms with Gasteiger partial charge in [-0.25, -0.2) is 0 Å². The Morgan fingerprint density at radius 1 is 1.20 bits per heavy atom. The van der Waals surface area contributed by atoms with Crippen LogP contribution < -0.4 is 10.1 Å². The molecule has 2 aromatic rings. The predicted octanol–water partition coefficient (Wildman–Crippen LogP) is 4.61. The zero-order valence-electron chi connectivity index (χ0n) is 11.5. The van der Waals surface area contributed by atoms with E-state index in [-0.39, 0.29) is 6.04 Å². The molecule has 0 bridgehead atoms. The second-order valence-corrected chi connectivity index (χ2v) is 5.73. The minimum absolute atomic E-state index is 0.135. The monoisotopic (exact) mass is 353 g/mol. The van der Waals surface area contributed by atoms with Crippen molar-refractivity contribution in [2.75, 3.05) is 14.2 Å². The fraction of sp³-hybridized carbons (Fsp3) is 0.250. The fourth-order valence-electron chi connectivity index (χ4n) is 2.25. The largest absolute Gasteiger partial charge is 0.496 e. The number of methoxy groups -OCH3 is 1. The van der Waals surface area contributed by atoms with Crippen molar-refractivity contribution in [1.82, 2.24) is 5.32 Å². The molecule has 1 atom stereocenters. The van der Waals surface area contributed by atoms with E-state index in [2.05, 4.69) is 27.3 Å². The van der Waals surface area contributed by atoms with E-state index in [1.807, 2.05) is 43.4 Å². The summed E-state index contributed by atoms with van der Waals surface area (Å²) in [6.07, 6.45) is 0.816. The normalized spacial score (nSPS) is 12.2. The van der Waals surface area contributed by atoms with E-state index in [9.17, 15) is 0 Å². The maximum atomic E-state index is 6.39. The predicted molar refractivity (Wildman–Crippen MR) is 87.7 cm³/mol. The van der Waals surface area contributed by atoms with Gasteiger partial charge in [0.15, 0.2) is 0 Å². The Bertz CT molecular complexity index is 588. The molecule has 0 heterocycles. The van der Waals surface area contributed by atoms with Crippen LogP contribution in [0.5, 0.6) is 5.75 Å². The van der Waals surface area contributed by atoms with Gasteiger partial charge in [-0.15, -0.1) is 0 Å². The first-order valence-corrected chi connectivity index (χ1v) is 7.57. The van der Waals surface area contributed by atoms with Gasteiger partial charge in [0.1, 0.15) is 5.75 Å². The van der Waals surface area contributed by atoms with Crippen molar-refractivity contribution in [3.8, 4) is 5.75 Å². The number of ether oxygens (including phenoxy) is 1. The van der Waals surface area contributed by atoms with E-state index < -0.39 is 0 Å². The smallest absolute Gasteiger partial charge is 0.122 e. The highest BCUT2D eigenvalue weighted by atomic mass is 79.9. The van der Waals surface area contributed by atoms with Gasteiger partial charge in [-0.1, -0.05) is 41.9 Å². The van der Waals surface area contributed by atoms with Crippen molar-refractivity contribution in [1.29, 1.82) is 0 Å². The fourth-order valence-corrected chi connectivity index (χ4v) is 2.89. The lowest BCUT2D eigenvalue weighted by Gasteiger charge is -2.20. The lowest BCUT2D eigenvalue weighted by atomic mass is 9.98. The van der Waals surface area contributed by atoms with Gasteiger partial charge >= 0.3 is 0 Å². The summed E-state index contributed by atoms with van der Waals surface area (Å²) >= 11 is 9.86. The number of para-hydroxylation sites is 1. The molecule has 0 aromatic heterocycles. The SMILES string of the molecule is CNC(Cc1ccccc1OC)c1cccc(Br)c1Cl. The number of halogens is 2. The summed E-state index contributed by atoms with van der Waals surface area (Å²) in [6.45, 7) is 0. The molecule has 2 rings (SSSR count). The highest BCUT2D eigenvalue weighted by molar-refractivity contribution is 9.10. The summed E-state index contributed by atoms with van der Waals surface area (Å²) in [4.78, 5) is 0. The van der Waals surface area contributed by atoms with Crippen LogP contribution in [-0.2, 0) is 6.42 Å². The summed E-state index contributed by atoms with van der Waals surface area (Å²) in [5, 5.41) is 4.08. The molecule has 0 aliphatic rings. The van der Waals surface area contributed by atoms with Gasteiger partial charge in [-0.2, -0.15) is 0 Å². The third kappa shape index (κ3) is 3.35. The molecule has 4 heteroatoms. The highest BCUT2D eigenvalue weighted by Gasteiger charge is 2.16. The van der Waals surface area contributed by atoms with Crippen molar-refractivity contribution >= 4 is 27.5 Å². The van der Waals surface area contributed by atoms with E-state index in [0.29, 0.717) is 0 Å². The van der Waals surface area contributed by atoms with E-state index in [1.165, 1.54) is 0 Å². The van der Waals surface area contributed by atoms with Gasteiger partial charge in [-0.3, -0.25) is 0 Å². The molecule has 2 aromatic carbocycles. The van der Waals surface area contributed by atoms with Crippen LogP contribution in [0.25, 0.3) is 0 Å². The topological polar surface area (TPSA) is 21.3 Å². The van der Waals surface area contributed by atoms with Crippen molar-refractivity contribution in [2.24, 2.45) is 0 Å². The molecule has 0 radical (unpaired) electrons. The minimum Gasteiger partial charge on any atom is -0.496 e. The summed E-state index contributed by atoms with van der Waals surface area (Å²) in [6, 6.07) is 14.2. The third-order valence-corrected chi connectivity index (χ3v) is 4.63. The molecule has 0 aliphatic heterocycles. The molecule has 0 saturated heterocycles. The summed E-state index contributed by atoms with van der Waals surface area (Å²) < 4.78 is 6.32. The van der Waals surface area contributed by atoms with Gasteiger partial charge < -0.3 is 10.1 Å². The molecule has 0 saturated carbocycles. The summed E-state index contributed by atoms with van der Waals surface area (Å²) in [7, 11) is 3.64. The van der Waals surface area contributed by atoms with Crippen LogP contribution in [0.4, 0.5) is 0 Å². The quantitative estimate of drug-likeness (QED) is 0.846. The first-order valence-electron chi connectivity index (χ1n) is 6.40. The zero-order chi connectivity index (χ0) is 14.5. The van der Waals surface area contributed by atoms with E-state index >= 15 is 0 Å². The van der Waals surface area contributed by atoms with Crippen LogP contribution in [0, 0.1) is 0 Å². The molecular formula is C16H17BrClNO. The third-order valence-electron chi connectivity index (χ3n) is 3.32. The molecule has 20 heavy (non-hydrogen) atoms. The van der Waals surface area contributed by atoms with Crippen molar-refractivity contribution in [2.45, 2.75) is 12.5 Å². The Labute approximate surface area is 133 Å². The van der Waals surface area contributed by atoms with Crippen LogP contribution in [0.2, 0.25) is 5.02 Å². The summed E-state index contributed by atoms with van der Waals surface area (Å²) in [5.74, 6) is 0.902. The molecule has 0 spiro atoms. The van der Waals surface area contributed by atoms with Gasteiger partial charge in [0.25, 0.3) is 0 Å². The lowest BCUT2D eigenvalue weighted by molar-refractivity contribution is 0.406. The number of likely N-dealkylation sites (N-methyl/N-ethyl adjacent to an activating group) is 1. The van der Waals surface area contributed by atoms with Gasteiger partial charge in [0.2, 0.25) is 0 Å². The molecule has 1 N–H and O–H groups in total. The van der Waals surface area contributed by atoms with E-state index in [1.54, 1.807) is 7.11 Å². The zero-order valence-corrected chi connectivity index (χ0v) is 13.8. The van der Waals surface area contributed by atoms with Gasteiger partial charge in [-0.05, 0) is 52.7 Å². The maximum absolute atomic E-state index is 6.39. The van der Waals surface area contributed by atoms with E-state index in [4.69, 9.17) is 16.3 Å². The van der Waals surface area contributed by atoms with Crippen LogP contribution in [-0.4, -0.2) is 14.2 Å². The first kappa shape index (κ1) is 15.4. The van der Waals surface area contributed by atoms with E-state index in [0.717, 1.165) is 32.8 Å². The Hall–Kier alpha value is -1.03. The Morgan fingerprint density at radius 2 is 1.95 bits per heavy atom. The number of benzene rings is 2. The molecule has 1 unspecified atom stereocenters. The average Bonchev–Trinajstić information content (AvgIpc) is 2.48.